The Labute approximate surface area is 95.9 Å². The van der Waals surface area contributed by atoms with Crippen molar-refractivity contribution in [2.45, 2.75) is 32.2 Å². The Balaban J connectivity index is 2.05. The van der Waals surface area contributed by atoms with Gasteiger partial charge in [-0.1, -0.05) is 19.1 Å². The van der Waals surface area contributed by atoms with Crippen LogP contribution in [0.5, 0.6) is 0 Å². The molecule has 1 saturated carbocycles. The number of hydrogen-bond donors (Lipinski definition) is 3. The first-order valence-electron chi connectivity index (χ1n) is 5.72. The van der Waals surface area contributed by atoms with Crippen LogP contribution < -0.4 is 16.6 Å². The summed E-state index contributed by atoms with van der Waals surface area (Å²) in [4.78, 5) is 4.43. The van der Waals surface area contributed by atoms with Gasteiger partial charge in [0.1, 0.15) is 0 Å². The molecular formula is C12H18N4. The first kappa shape index (κ1) is 11.0. The zero-order chi connectivity index (χ0) is 11.4. The summed E-state index contributed by atoms with van der Waals surface area (Å²) in [6, 6.07) is 8.72. The van der Waals surface area contributed by atoms with Gasteiger partial charge in [-0.15, -0.1) is 0 Å². The van der Waals surface area contributed by atoms with Crippen LogP contribution >= 0.6 is 0 Å². The predicted octanol–water partition coefficient (Wildman–Crippen LogP) is 1.64. The number of nitrogens with zero attached hydrogens (tertiary/aromatic N) is 1. The van der Waals surface area contributed by atoms with Gasteiger partial charge in [-0.25, -0.2) is 10.8 Å². The fourth-order valence-corrected chi connectivity index (χ4v) is 1.50. The lowest BCUT2D eigenvalue weighted by Crippen LogP contribution is -2.36. The standard InChI is InChI=1S/C12H18N4/c1-2-9-4-3-5-11(8-9)15-12(16-13)14-10-6-7-10/h3-5,8,10H,2,6-7,13H2,1H3,(H2,14,15,16). The average Bonchev–Trinajstić information content (AvgIpc) is 3.12. The van der Waals surface area contributed by atoms with Crippen LogP contribution in [-0.2, 0) is 6.42 Å². The van der Waals surface area contributed by atoms with Crippen LogP contribution in [0.15, 0.2) is 29.3 Å². The van der Waals surface area contributed by atoms with Gasteiger partial charge >= 0.3 is 0 Å². The second-order valence-corrected chi connectivity index (χ2v) is 4.03. The zero-order valence-electron chi connectivity index (χ0n) is 9.53. The summed E-state index contributed by atoms with van der Waals surface area (Å²) in [5.74, 6) is 6.07. The Hall–Kier alpha value is -1.55. The molecule has 4 nitrogen and oxygen atoms in total. The summed E-state index contributed by atoms with van der Waals surface area (Å²) >= 11 is 0. The Morgan fingerprint density at radius 3 is 2.94 bits per heavy atom. The molecule has 4 N–H and O–H groups in total. The van der Waals surface area contributed by atoms with E-state index < -0.39 is 0 Å². The average molecular weight is 218 g/mol. The summed E-state index contributed by atoms with van der Waals surface area (Å²) in [5, 5.41) is 3.19. The van der Waals surface area contributed by atoms with Gasteiger partial charge in [0.25, 0.3) is 0 Å². The van der Waals surface area contributed by atoms with E-state index in [0.717, 1.165) is 12.1 Å². The summed E-state index contributed by atoms with van der Waals surface area (Å²) in [6.07, 6.45) is 3.37. The van der Waals surface area contributed by atoms with Crippen LogP contribution in [0, 0.1) is 0 Å². The highest BCUT2D eigenvalue weighted by atomic mass is 15.3. The fourth-order valence-electron chi connectivity index (χ4n) is 1.50. The van der Waals surface area contributed by atoms with Crippen molar-refractivity contribution in [1.29, 1.82) is 0 Å². The molecule has 0 aromatic heterocycles. The number of hydrazine groups is 1. The van der Waals surface area contributed by atoms with E-state index in [2.05, 4.69) is 34.8 Å². The van der Waals surface area contributed by atoms with Gasteiger partial charge in [-0.2, -0.15) is 0 Å². The SMILES string of the molecule is CCc1cccc(NC(=NC2CC2)NN)c1. The van der Waals surface area contributed by atoms with Gasteiger partial charge in [0.2, 0.25) is 5.96 Å². The highest BCUT2D eigenvalue weighted by Crippen LogP contribution is 2.23. The molecule has 0 heterocycles. The maximum Gasteiger partial charge on any atom is 0.210 e. The summed E-state index contributed by atoms with van der Waals surface area (Å²) in [5.41, 5.74) is 4.92. The highest BCUT2D eigenvalue weighted by Gasteiger charge is 2.20. The molecule has 1 aromatic rings. The molecule has 0 atom stereocenters. The number of nitrogens with one attached hydrogen (secondary N) is 2. The number of anilines is 1. The van der Waals surface area contributed by atoms with Crippen LogP contribution in [0.2, 0.25) is 0 Å². The lowest BCUT2D eigenvalue weighted by Gasteiger charge is -2.09. The van der Waals surface area contributed by atoms with Crippen LogP contribution in [0.25, 0.3) is 0 Å². The van der Waals surface area contributed by atoms with Gasteiger partial charge in [0.05, 0.1) is 6.04 Å². The van der Waals surface area contributed by atoms with E-state index in [-0.39, 0.29) is 0 Å². The zero-order valence-corrected chi connectivity index (χ0v) is 9.53. The molecule has 16 heavy (non-hydrogen) atoms. The molecule has 1 fully saturated rings. The van der Waals surface area contributed by atoms with Crippen LogP contribution in [0.4, 0.5) is 5.69 Å². The molecule has 0 spiro atoms. The second-order valence-electron chi connectivity index (χ2n) is 4.03. The number of hydrogen-bond acceptors (Lipinski definition) is 2. The van der Waals surface area contributed by atoms with Crippen molar-refractivity contribution < 1.29 is 0 Å². The monoisotopic (exact) mass is 218 g/mol. The van der Waals surface area contributed by atoms with Crippen molar-refractivity contribution in [1.82, 2.24) is 5.43 Å². The Morgan fingerprint density at radius 2 is 2.31 bits per heavy atom. The smallest absolute Gasteiger partial charge is 0.210 e. The Bertz CT molecular complexity index is 382. The van der Waals surface area contributed by atoms with Crippen molar-refractivity contribution in [2.24, 2.45) is 10.8 Å². The van der Waals surface area contributed by atoms with Crippen molar-refractivity contribution in [3.05, 3.63) is 29.8 Å². The van der Waals surface area contributed by atoms with Crippen molar-refractivity contribution in [2.75, 3.05) is 5.32 Å². The number of aliphatic imine (C=N–C) groups is 1. The van der Waals surface area contributed by atoms with Gasteiger partial charge in [-0.05, 0) is 37.0 Å². The third-order valence-corrected chi connectivity index (χ3v) is 2.59. The van der Waals surface area contributed by atoms with Crippen molar-refractivity contribution in [3.63, 3.8) is 0 Å². The topological polar surface area (TPSA) is 62.4 Å². The van der Waals surface area contributed by atoms with E-state index in [4.69, 9.17) is 5.84 Å². The minimum atomic E-state index is 0.452. The number of rotatable bonds is 3. The summed E-state index contributed by atoms with van der Waals surface area (Å²) in [6.45, 7) is 2.14. The molecule has 0 saturated heterocycles. The van der Waals surface area contributed by atoms with E-state index >= 15 is 0 Å². The normalized spacial score (nSPS) is 16.0. The maximum absolute atomic E-state index is 5.42. The van der Waals surface area contributed by atoms with Gasteiger partial charge < -0.3 is 5.32 Å². The Kier molecular flexibility index (Phi) is 3.41. The van der Waals surface area contributed by atoms with Gasteiger partial charge in [-0.3, -0.25) is 5.43 Å². The van der Waals surface area contributed by atoms with E-state index in [1.54, 1.807) is 0 Å². The lowest BCUT2D eigenvalue weighted by atomic mass is 10.1. The predicted molar refractivity (Wildman–Crippen MR) is 67.2 cm³/mol. The maximum atomic E-state index is 5.42. The first-order valence-corrected chi connectivity index (χ1v) is 5.72. The third-order valence-electron chi connectivity index (χ3n) is 2.59. The molecule has 86 valence electrons. The molecule has 0 bridgehead atoms. The number of aryl methyl sites for hydroxylation is 1. The minimum Gasteiger partial charge on any atom is -0.325 e. The summed E-state index contributed by atoms with van der Waals surface area (Å²) < 4.78 is 0. The van der Waals surface area contributed by atoms with E-state index in [9.17, 15) is 0 Å². The summed E-state index contributed by atoms with van der Waals surface area (Å²) in [7, 11) is 0. The fraction of sp³-hybridized carbons (Fsp3) is 0.417. The second kappa shape index (κ2) is 4.99. The number of nitrogens with two attached hydrogens (primary N) is 1. The van der Waals surface area contributed by atoms with Gasteiger partial charge in [0, 0.05) is 5.69 Å². The van der Waals surface area contributed by atoms with Crippen LogP contribution in [0.1, 0.15) is 25.3 Å². The minimum absolute atomic E-state index is 0.452. The molecular weight excluding hydrogens is 200 g/mol. The molecule has 0 unspecified atom stereocenters. The quantitative estimate of drug-likeness (QED) is 0.313. The van der Waals surface area contributed by atoms with Crippen LogP contribution in [-0.4, -0.2) is 12.0 Å². The first-order chi connectivity index (χ1) is 7.81. The molecule has 2 rings (SSSR count). The third kappa shape index (κ3) is 2.97. The van der Waals surface area contributed by atoms with Gasteiger partial charge in [0.15, 0.2) is 0 Å². The number of guanidine groups is 1. The molecule has 1 aromatic carbocycles. The molecule has 0 amide bonds. The van der Waals surface area contributed by atoms with Crippen molar-refractivity contribution >= 4 is 11.6 Å². The van der Waals surface area contributed by atoms with Crippen molar-refractivity contribution in [3.8, 4) is 0 Å². The Morgan fingerprint density at radius 1 is 1.50 bits per heavy atom. The molecule has 4 heteroatoms. The van der Waals surface area contributed by atoms with E-state index in [1.165, 1.54) is 18.4 Å². The van der Waals surface area contributed by atoms with Crippen LogP contribution in [0.3, 0.4) is 0 Å². The van der Waals surface area contributed by atoms with E-state index in [0.29, 0.717) is 12.0 Å². The van der Waals surface area contributed by atoms with E-state index in [1.807, 2.05) is 12.1 Å². The number of benzene rings is 1. The molecule has 1 aliphatic rings. The largest absolute Gasteiger partial charge is 0.325 e. The molecule has 0 aliphatic heterocycles. The lowest BCUT2D eigenvalue weighted by molar-refractivity contribution is 0.966. The highest BCUT2D eigenvalue weighted by molar-refractivity contribution is 5.93. The molecule has 0 radical (unpaired) electrons. The molecule has 1 aliphatic carbocycles.